The molecule has 0 saturated carbocycles. The lowest BCUT2D eigenvalue weighted by atomic mass is 9.89. The van der Waals surface area contributed by atoms with Crippen molar-refractivity contribution in [3.63, 3.8) is 0 Å². The zero-order valence-electron chi connectivity index (χ0n) is 15.3. The number of ether oxygens (including phenoxy) is 2. The summed E-state index contributed by atoms with van der Waals surface area (Å²) in [6.45, 7) is 7.00. The van der Waals surface area contributed by atoms with Crippen LogP contribution in [0.25, 0.3) is 0 Å². The minimum absolute atomic E-state index is 0.211. The van der Waals surface area contributed by atoms with Gasteiger partial charge in [0.2, 0.25) is 11.5 Å². The number of rotatable bonds is 4. The van der Waals surface area contributed by atoms with Gasteiger partial charge < -0.3 is 29.9 Å². The lowest BCUT2D eigenvalue weighted by Crippen LogP contribution is -2.04. The minimum atomic E-state index is -0.291. The molecule has 2 aromatic carbocycles. The molecule has 0 aromatic heterocycles. The Morgan fingerprint density at radius 1 is 0.560 bits per heavy atom. The van der Waals surface area contributed by atoms with Crippen molar-refractivity contribution in [2.45, 2.75) is 34.1 Å². The number of hydrogen-bond donors (Lipinski definition) is 4. The molecule has 4 N–H and O–H groups in total. The molecule has 6 heteroatoms. The van der Waals surface area contributed by atoms with E-state index in [4.69, 9.17) is 9.47 Å². The quantitative estimate of drug-likeness (QED) is 0.633. The topological polar surface area (TPSA) is 99.4 Å². The van der Waals surface area contributed by atoms with E-state index >= 15 is 0 Å². The van der Waals surface area contributed by atoms with E-state index in [0.717, 1.165) is 11.1 Å². The molecule has 2 rings (SSSR count). The molecular formula is C19H24O6. The molecule has 0 unspecified atom stereocenters. The Hall–Kier alpha value is -2.76. The fraction of sp³-hybridized carbons (Fsp3) is 0.368. The van der Waals surface area contributed by atoms with Crippen molar-refractivity contribution in [1.29, 1.82) is 0 Å². The van der Waals surface area contributed by atoms with Crippen LogP contribution in [0.2, 0.25) is 0 Å². The molecule has 136 valence electrons. The third kappa shape index (κ3) is 2.77. The van der Waals surface area contributed by atoms with Crippen molar-refractivity contribution in [3.05, 3.63) is 33.4 Å². The Kier molecular flexibility index (Phi) is 4.92. The molecule has 0 radical (unpaired) electrons. The Labute approximate surface area is 146 Å². The van der Waals surface area contributed by atoms with E-state index in [0.29, 0.717) is 28.7 Å². The molecule has 0 heterocycles. The molecular weight excluding hydrogens is 324 g/mol. The zero-order chi connectivity index (χ0) is 19.0. The van der Waals surface area contributed by atoms with Gasteiger partial charge in [-0.2, -0.15) is 0 Å². The highest BCUT2D eigenvalue weighted by Crippen LogP contribution is 2.47. The first kappa shape index (κ1) is 18.6. The molecule has 0 fully saturated rings. The zero-order valence-corrected chi connectivity index (χ0v) is 15.3. The van der Waals surface area contributed by atoms with Gasteiger partial charge in [-0.15, -0.1) is 0 Å². The maximum Gasteiger partial charge on any atom is 0.201 e. The van der Waals surface area contributed by atoms with Gasteiger partial charge in [-0.1, -0.05) is 0 Å². The van der Waals surface area contributed by atoms with Gasteiger partial charge in [-0.3, -0.25) is 0 Å². The van der Waals surface area contributed by atoms with Crippen LogP contribution in [0.15, 0.2) is 0 Å². The van der Waals surface area contributed by atoms with Gasteiger partial charge in [0.05, 0.1) is 14.2 Å². The third-order valence-electron chi connectivity index (χ3n) is 4.84. The van der Waals surface area contributed by atoms with Crippen LogP contribution in [0.3, 0.4) is 0 Å². The summed E-state index contributed by atoms with van der Waals surface area (Å²) in [6.07, 6.45) is 0.365. The third-order valence-corrected chi connectivity index (χ3v) is 4.84. The molecule has 6 nitrogen and oxygen atoms in total. The summed E-state index contributed by atoms with van der Waals surface area (Å²) in [6, 6.07) is 0. The van der Waals surface area contributed by atoms with Crippen molar-refractivity contribution in [3.8, 4) is 34.5 Å². The smallest absolute Gasteiger partial charge is 0.201 e. The van der Waals surface area contributed by atoms with E-state index in [2.05, 4.69) is 0 Å². The van der Waals surface area contributed by atoms with Gasteiger partial charge in [0, 0.05) is 0 Å². The monoisotopic (exact) mass is 348 g/mol. The van der Waals surface area contributed by atoms with Crippen LogP contribution in [0, 0.1) is 27.7 Å². The largest absolute Gasteiger partial charge is 0.504 e. The molecule has 0 spiro atoms. The Morgan fingerprint density at radius 2 is 0.880 bits per heavy atom. The van der Waals surface area contributed by atoms with Gasteiger partial charge in [0.25, 0.3) is 0 Å². The predicted octanol–water partition coefficient (Wildman–Crippen LogP) is 3.35. The van der Waals surface area contributed by atoms with E-state index < -0.39 is 0 Å². The SMILES string of the molecule is COc1c(C)c(Cc2c(C)c(O)c(O)c(OC)c2C)c(C)c(O)c1O. The van der Waals surface area contributed by atoms with Gasteiger partial charge >= 0.3 is 0 Å². The van der Waals surface area contributed by atoms with Gasteiger partial charge in [0.1, 0.15) is 0 Å². The summed E-state index contributed by atoms with van der Waals surface area (Å²) >= 11 is 0. The van der Waals surface area contributed by atoms with E-state index in [9.17, 15) is 20.4 Å². The van der Waals surface area contributed by atoms with Gasteiger partial charge in [0.15, 0.2) is 23.0 Å². The number of hydrogen-bond acceptors (Lipinski definition) is 6. The van der Waals surface area contributed by atoms with Crippen LogP contribution >= 0.6 is 0 Å². The summed E-state index contributed by atoms with van der Waals surface area (Å²) in [7, 11) is 2.85. The Morgan fingerprint density at radius 3 is 1.16 bits per heavy atom. The average molecular weight is 348 g/mol. The second kappa shape index (κ2) is 6.63. The molecule has 0 aliphatic carbocycles. The average Bonchev–Trinajstić information content (AvgIpc) is 2.58. The molecule has 0 aliphatic rings. The summed E-state index contributed by atoms with van der Waals surface area (Å²) in [5.41, 5.74) is 3.99. The van der Waals surface area contributed by atoms with Crippen LogP contribution in [0.1, 0.15) is 33.4 Å². The molecule has 0 amide bonds. The second-order valence-corrected chi connectivity index (χ2v) is 6.09. The van der Waals surface area contributed by atoms with Crippen LogP contribution in [0.4, 0.5) is 0 Å². The number of phenolic OH excluding ortho intramolecular Hbond substituents is 4. The highest BCUT2D eigenvalue weighted by atomic mass is 16.5. The second-order valence-electron chi connectivity index (χ2n) is 6.09. The summed E-state index contributed by atoms with van der Waals surface area (Å²) in [5, 5.41) is 40.5. The number of benzene rings is 2. The summed E-state index contributed by atoms with van der Waals surface area (Å²) < 4.78 is 10.4. The van der Waals surface area contributed by atoms with E-state index in [1.165, 1.54) is 14.2 Å². The molecule has 0 bridgehead atoms. The van der Waals surface area contributed by atoms with E-state index in [1.54, 1.807) is 27.7 Å². The standard InChI is InChI=1S/C19H24O6/c1-8-12(10(3)18(24-5)16(22)14(8)20)7-13-9(2)15(21)17(23)19(25-6)11(13)4/h20-23H,7H2,1-6H3. The number of aromatic hydroxyl groups is 4. The van der Waals surface area contributed by atoms with Gasteiger partial charge in [-0.05, 0) is 67.5 Å². The highest BCUT2D eigenvalue weighted by Gasteiger charge is 2.24. The maximum absolute atomic E-state index is 10.2. The Bertz CT molecular complexity index is 770. The molecule has 25 heavy (non-hydrogen) atoms. The van der Waals surface area contributed by atoms with Crippen molar-refractivity contribution >= 4 is 0 Å². The van der Waals surface area contributed by atoms with Crippen LogP contribution in [0.5, 0.6) is 34.5 Å². The van der Waals surface area contributed by atoms with Gasteiger partial charge in [-0.25, -0.2) is 0 Å². The van der Waals surface area contributed by atoms with E-state index in [1.807, 2.05) is 0 Å². The summed E-state index contributed by atoms with van der Waals surface area (Å²) in [4.78, 5) is 0. The van der Waals surface area contributed by atoms with E-state index in [-0.39, 0.29) is 34.5 Å². The fourth-order valence-electron chi connectivity index (χ4n) is 3.25. The summed E-state index contributed by atoms with van der Waals surface area (Å²) in [5.74, 6) is -0.626. The number of phenols is 4. The maximum atomic E-state index is 10.2. The van der Waals surface area contributed by atoms with Crippen molar-refractivity contribution in [2.75, 3.05) is 14.2 Å². The minimum Gasteiger partial charge on any atom is -0.504 e. The van der Waals surface area contributed by atoms with Crippen molar-refractivity contribution in [1.82, 2.24) is 0 Å². The molecule has 0 saturated heterocycles. The number of methoxy groups -OCH3 is 2. The Balaban J connectivity index is 2.74. The first-order chi connectivity index (χ1) is 11.7. The predicted molar refractivity (Wildman–Crippen MR) is 94.4 cm³/mol. The van der Waals surface area contributed by atoms with Crippen LogP contribution in [-0.2, 0) is 6.42 Å². The fourth-order valence-corrected chi connectivity index (χ4v) is 3.25. The molecule has 0 atom stereocenters. The van der Waals surface area contributed by atoms with Crippen molar-refractivity contribution in [2.24, 2.45) is 0 Å². The van der Waals surface area contributed by atoms with Crippen LogP contribution in [-0.4, -0.2) is 34.6 Å². The van der Waals surface area contributed by atoms with Crippen LogP contribution < -0.4 is 9.47 Å². The molecule has 0 aliphatic heterocycles. The normalized spacial score (nSPS) is 10.8. The van der Waals surface area contributed by atoms with Crippen molar-refractivity contribution < 1.29 is 29.9 Å². The highest BCUT2D eigenvalue weighted by molar-refractivity contribution is 5.66. The lowest BCUT2D eigenvalue weighted by molar-refractivity contribution is 0.345. The first-order valence-electron chi connectivity index (χ1n) is 7.83. The lowest BCUT2D eigenvalue weighted by Gasteiger charge is -2.21. The molecule has 2 aromatic rings. The first-order valence-corrected chi connectivity index (χ1v) is 7.83.